The van der Waals surface area contributed by atoms with E-state index in [1.54, 1.807) is 13.2 Å². The van der Waals surface area contributed by atoms with Gasteiger partial charge in [-0.15, -0.1) is 0 Å². The second-order valence-electron chi connectivity index (χ2n) is 5.25. The number of benzene rings is 1. The monoisotopic (exact) mass is 323 g/mol. The molecule has 1 aliphatic heterocycles. The van der Waals surface area contributed by atoms with Gasteiger partial charge in [-0.3, -0.25) is 14.9 Å². The van der Waals surface area contributed by atoms with Gasteiger partial charge in [0.05, 0.1) is 17.6 Å². The molecular formula is C15H21N3O5. The molecule has 1 aromatic carbocycles. The van der Waals surface area contributed by atoms with E-state index in [1.807, 2.05) is 0 Å². The van der Waals surface area contributed by atoms with E-state index < -0.39 is 4.92 Å². The van der Waals surface area contributed by atoms with Crippen molar-refractivity contribution in [2.24, 2.45) is 0 Å². The van der Waals surface area contributed by atoms with Crippen LogP contribution in [0.25, 0.3) is 0 Å². The van der Waals surface area contributed by atoms with Crippen LogP contribution in [-0.4, -0.2) is 50.3 Å². The Labute approximate surface area is 134 Å². The minimum absolute atomic E-state index is 0.0314. The Balaban J connectivity index is 2.01. The maximum atomic E-state index is 12.1. The Morgan fingerprint density at radius 1 is 1.52 bits per heavy atom. The number of carbonyl (C=O) groups is 1. The average Bonchev–Trinajstić information content (AvgIpc) is 3.06. The minimum Gasteiger partial charge on any atom is -0.383 e. The third-order valence-corrected chi connectivity index (χ3v) is 3.59. The summed E-state index contributed by atoms with van der Waals surface area (Å²) in [5.74, 6) is -0.341. The Morgan fingerprint density at radius 2 is 2.35 bits per heavy atom. The summed E-state index contributed by atoms with van der Waals surface area (Å²) in [6, 6.07) is 4.38. The molecule has 1 aromatic rings. The van der Waals surface area contributed by atoms with Crippen LogP contribution in [0.1, 0.15) is 23.2 Å². The summed E-state index contributed by atoms with van der Waals surface area (Å²) in [5.41, 5.74) is 0.487. The summed E-state index contributed by atoms with van der Waals surface area (Å²) < 4.78 is 10.3. The molecule has 8 nitrogen and oxygen atoms in total. The van der Waals surface area contributed by atoms with Crippen molar-refractivity contribution in [1.82, 2.24) is 5.32 Å². The van der Waals surface area contributed by atoms with Crippen molar-refractivity contribution in [3.05, 3.63) is 33.9 Å². The standard InChI is InChI=1S/C15H21N3O5/c1-22-8-6-16-13-5-4-11(9-14(13)18(20)21)15(19)17-10-12-3-2-7-23-12/h4-5,9,12,16H,2-3,6-8,10H2,1H3,(H,17,19). The fourth-order valence-corrected chi connectivity index (χ4v) is 2.38. The lowest BCUT2D eigenvalue weighted by molar-refractivity contribution is -0.384. The van der Waals surface area contributed by atoms with E-state index in [0.717, 1.165) is 12.8 Å². The van der Waals surface area contributed by atoms with Gasteiger partial charge in [0, 0.05) is 38.4 Å². The Bertz CT molecular complexity index is 558. The van der Waals surface area contributed by atoms with Gasteiger partial charge in [-0.1, -0.05) is 0 Å². The number of hydrogen-bond acceptors (Lipinski definition) is 6. The molecule has 1 atom stereocenters. The van der Waals surface area contributed by atoms with Gasteiger partial charge in [0.25, 0.3) is 11.6 Å². The fraction of sp³-hybridized carbons (Fsp3) is 0.533. The van der Waals surface area contributed by atoms with Crippen LogP contribution in [0, 0.1) is 10.1 Å². The minimum atomic E-state index is -0.508. The van der Waals surface area contributed by atoms with Gasteiger partial charge in [0.1, 0.15) is 5.69 Å². The van der Waals surface area contributed by atoms with E-state index in [1.165, 1.54) is 12.1 Å². The summed E-state index contributed by atoms with van der Waals surface area (Å²) in [6.07, 6.45) is 1.94. The van der Waals surface area contributed by atoms with Crippen molar-refractivity contribution >= 4 is 17.3 Å². The highest BCUT2D eigenvalue weighted by molar-refractivity contribution is 5.95. The van der Waals surface area contributed by atoms with E-state index in [0.29, 0.717) is 32.0 Å². The molecule has 126 valence electrons. The Morgan fingerprint density at radius 3 is 3.00 bits per heavy atom. The van der Waals surface area contributed by atoms with Gasteiger partial charge >= 0.3 is 0 Å². The third-order valence-electron chi connectivity index (χ3n) is 3.59. The van der Waals surface area contributed by atoms with Crippen molar-refractivity contribution < 1.29 is 19.2 Å². The first-order valence-corrected chi connectivity index (χ1v) is 7.53. The van der Waals surface area contributed by atoms with Crippen LogP contribution in [0.2, 0.25) is 0 Å². The fourth-order valence-electron chi connectivity index (χ4n) is 2.38. The molecule has 1 heterocycles. The molecule has 1 amide bonds. The SMILES string of the molecule is COCCNc1ccc(C(=O)NCC2CCCO2)cc1[N+](=O)[O-]. The summed E-state index contributed by atoms with van der Waals surface area (Å²) >= 11 is 0. The first-order valence-electron chi connectivity index (χ1n) is 7.53. The van der Waals surface area contributed by atoms with E-state index >= 15 is 0 Å². The number of amides is 1. The van der Waals surface area contributed by atoms with Crippen molar-refractivity contribution in [3.8, 4) is 0 Å². The number of hydrogen-bond donors (Lipinski definition) is 2. The summed E-state index contributed by atoms with van der Waals surface area (Å²) in [4.78, 5) is 22.8. The molecule has 0 aromatic heterocycles. The number of nitrogens with one attached hydrogen (secondary N) is 2. The van der Waals surface area contributed by atoms with Crippen molar-refractivity contribution in [1.29, 1.82) is 0 Å². The van der Waals surface area contributed by atoms with Gasteiger partial charge in [0.2, 0.25) is 0 Å². The second-order valence-corrected chi connectivity index (χ2v) is 5.25. The number of rotatable bonds is 8. The maximum Gasteiger partial charge on any atom is 0.293 e. The Kier molecular flexibility index (Phi) is 6.30. The summed E-state index contributed by atoms with van der Waals surface area (Å²) in [7, 11) is 1.55. The Hall–Kier alpha value is -2.19. The lowest BCUT2D eigenvalue weighted by atomic mass is 10.1. The van der Waals surface area contributed by atoms with Crippen molar-refractivity contribution in [3.63, 3.8) is 0 Å². The van der Waals surface area contributed by atoms with Crippen LogP contribution in [0.4, 0.5) is 11.4 Å². The van der Waals surface area contributed by atoms with Crippen LogP contribution in [-0.2, 0) is 9.47 Å². The molecule has 0 saturated carbocycles. The van der Waals surface area contributed by atoms with Crippen LogP contribution < -0.4 is 10.6 Å². The lowest BCUT2D eigenvalue weighted by Crippen LogP contribution is -2.31. The molecule has 23 heavy (non-hydrogen) atoms. The topological polar surface area (TPSA) is 103 Å². The second kappa shape index (κ2) is 8.44. The largest absolute Gasteiger partial charge is 0.383 e. The first kappa shape index (κ1) is 17.2. The molecule has 0 spiro atoms. The normalized spacial score (nSPS) is 17.0. The van der Waals surface area contributed by atoms with Crippen LogP contribution in [0.15, 0.2) is 18.2 Å². The molecule has 1 fully saturated rings. The first-order chi connectivity index (χ1) is 11.1. The molecule has 1 unspecified atom stereocenters. The third kappa shape index (κ3) is 4.90. The number of nitro groups is 1. The van der Waals surface area contributed by atoms with Crippen LogP contribution >= 0.6 is 0 Å². The molecule has 2 rings (SSSR count). The van der Waals surface area contributed by atoms with Gasteiger partial charge in [-0.2, -0.15) is 0 Å². The van der Waals surface area contributed by atoms with E-state index in [4.69, 9.17) is 9.47 Å². The quantitative estimate of drug-likeness (QED) is 0.427. The smallest absolute Gasteiger partial charge is 0.293 e. The zero-order valence-electron chi connectivity index (χ0n) is 13.0. The van der Waals surface area contributed by atoms with Crippen molar-refractivity contribution in [2.45, 2.75) is 18.9 Å². The summed E-state index contributed by atoms with van der Waals surface area (Å²) in [6.45, 7) is 2.01. The van der Waals surface area contributed by atoms with E-state index in [-0.39, 0.29) is 23.3 Å². The number of methoxy groups -OCH3 is 1. The van der Waals surface area contributed by atoms with Gasteiger partial charge in [0.15, 0.2) is 0 Å². The number of carbonyl (C=O) groups excluding carboxylic acids is 1. The summed E-state index contributed by atoms with van der Waals surface area (Å²) in [5, 5.41) is 16.9. The number of nitro benzene ring substituents is 1. The molecular weight excluding hydrogens is 302 g/mol. The molecule has 0 radical (unpaired) electrons. The predicted molar refractivity (Wildman–Crippen MR) is 84.8 cm³/mol. The zero-order valence-corrected chi connectivity index (χ0v) is 13.0. The zero-order chi connectivity index (χ0) is 16.7. The van der Waals surface area contributed by atoms with Crippen LogP contribution in [0.3, 0.4) is 0 Å². The molecule has 0 bridgehead atoms. The molecule has 2 N–H and O–H groups in total. The molecule has 1 aliphatic rings. The number of nitrogens with zero attached hydrogens (tertiary/aromatic N) is 1. The van der Waals surface area contributed by atoms with Gasteiger partial charge in [-0.05, 0) is 25.0 Å². The highest BCUT2D eigenvalue weighted by atomic mass is 16.6. The highest BCUT2D eigenvalue weighted by Crippen LogP contribution is 2.25. The molecule has 8 heteroatoms. The van der Waals surface area contributed by atoms with E-state index in [2.05, 4.69) is 10.6 Å². The maximum absolute atomic E-state index is 12.1. The van der Waals surface area contributed by atoms with Crippen molar-refractivity contribution in [2.75, 3.05) is 38.7 Å². The number of anilines is 1. The van der Waals surface area contributed by atoms with E-state index in [9.17, 15) is 14.9 Å². The van der Waals surface area contributed by atoms with Gasteiger partial charge in [-0.25, -0.2) is 0 Å². The average molecular weight is 323 g/mol. The highest BCUT2D eigenvalue weighted by Gasteiger charge is 2.19. The van der Waals surface area contributed by atoms with Crippen LogP contribution in [0.5, 0.6) is 0 Å². The predicted octanol–water partition coefficient (Wildman–Crippen LogP) is 1.56. The van der Waals surface area contributed by atoms with Gasteiger partial charge < -0.3 is 20.1 Å². The lowest BCUT2D eigenvalue weighted by Gasteiger charge is -2.11. The molecule has 0 aliphatic carbocycles. The molecule has 1 saturated heterocycles. The number of ether oxygens (including phenoxy) is 2.